The Hall–Kier alpha value is -2.10. The molecule has 132 valence electrons. The van der Waals surface area contributed by atoms with Crippen molar-refractivity contribution in [3.05, 3.63) is 71.4 Å². The number of nitrogens with zero attached hydrogens (tertiary/aromatic N) is 2. The molecule has 3 rings (SSSR count). The molecule has 0 bridgehead atoms. The molecule has 3 aromatic rings. The summed E-state index contributed by atoms with van der Waals surface area (Å²) >= 11 is 0. The van der Waals surface area contributed by atoms with Crippen molar-refractivity contribution in [3.8, 4) is 0 Å². The smallest absolute Gasteiger partial charge is 0.0486 e. The van der Waals surface area contributed by atoms with Gasteiger partial charge in [0.15, 0.2) is 0 Å². The molecular weight excluding hydrogens is 306 g/mol. The summed E-state index contributed by atoms with van der Waals surface area (Å²) in [6.45, 7) is 7.23. The van der Waals surface area contributed by atoms with E-state index in [9.17, 15) is 0 Å². The highest BCUT2D eigenvalue weighted by Crippen LogP contribution is 2.24. The van der Waals surface area contributed by atoms with Crippen LogP contribution in [0.2, 0.25) is 0 Å². The normalized spacial score (nSPS) is 11.8. The Morgan fingerprint density at radius 3 is 2.24 bits per heavy atom. The van der Waals surface area contributed by atoms with E-state index < -0.39 is 0 Å². The van der Waals surface area contributed by atoms with Crippen molar-refractivity contribution in [1.29, 1.82) is 0 Å². The molecule has 0 saturated heterocycles. The zero-order valence-electron chi connectivity index (χ0n) is 15.8. The Bertz CT molecular complexity index is 830. The molecule has 1 N–H and O–H groups in total. The van der Waals surface area contributed by atoms with Crippen LogP contribution in [0.4, 0.5) is 0 Å². The van der Waals surface area contributed by atoms with E-state index in [-0.39, 0.29) is 0 Å². The molecule has 2 aromatic carbocycles. The van der Waals surface area contributed by atoms with Gasteiger partial charge in [0.2, 0.25) is 0 Å². The third-order valence-electron chi connectivity index (χ3n) is 4.62. The van der Waals surface area contributed by atoms with Gasteiger partial charge >= 0.3 is 0 Å². The number of para-hydroxylation sites is 1. The van der Waals surface area contributed by atoms with Crippen molar-refractivity contribution in [1.82, 2.24) is 14.8 Å². The van der Waals surface area contributed by atoms with Gasteiger partial charge in [0.05, 0.1) is 0 Å². The SMILES string of the molecule is CC(C)n1cc(CNCc2ccccc2CN(C)C)c2ccccc21. The van der Waals surface area contributed by atoms with Gasteiger partial charge in [0, 0.05) is 42.8 Å². The van der Waals surface area contributed by atoms with E-state index in [1.54, 1.807) is 0 Å². The van der Waals surface area contributed by atoms with Crippen molar-refractivity contribution in [3.63, 3.8) is 0 Å². The molecule has 3 heteroatoms. The van der Waals surface area contributed by atoms with Crippen LogP contribution in [0.25, 0.3) is 10.9 Å². The number of hydrogen-bond acceptors (Lipinski definition) is 2. The molecule has 0 aliphatic rings. The third kappa shape index (κ3) is 4.12. The highest BCUT2D eigenvalue weighted by Gasteiger charge is 2.10. The van der Waals surface area contributed by atoms with Crippen molar-refractivity contribution in [2.24, 2.45) is 0 Å². The van der Waals surface area contributed by atoms with E-state index >= 15 is 0 Å². The fourth-order valence-corrected chi connectivity index (χ4v) is 3.40. The van der Waals surface area contributed by atoms with Gasteiger partial charge in [0.25, 0.3) is 0 Å². The van der Waals surface area contributed by atoms with Crippen molar-refractivity contribution < 1.29 is 0 Å². The highest BCUT2D eigenvalue weighted by molar-refractivity contribution is 5.84. The van der Waals surface area contributed by atoms with E-state index in [1.165, 1.54) is 27.6 Å². The minimum Gasteiger partial charge on any atom is -0.345 e. The molecular formula is C22H29N3. The van der Waals surface area contributed by atoms with Crippen molar-refractivity contribution >= 4 is 10.9 Å². The first-order chi connectivity index (χ1) is 12.1. The van der Waals surface area contributed by atoms with E-state index in [2.05, 4.69) is 97.5 Å². The topological polar surface area (TPSA) is 20.2 Å². The van der Waals surface area contributed by atoms with Gasteiger partial charge in [-0.05, 0) is 50.7 Å². The Labute approximate surface area is 151 Å². The summed E-state index contributed by atoms with van der Waals surface area (Å²) in [7, 11) is 4.23. The first-order valence-corrected chi connectivity index (χ1v) is 9.07. The second-order valence-corrected chi connectivity index (χ2v) is 7.28. The van der Waals surface area contributed by atoms with Gasteiger partial charge in [0.1, 0.15) is 0 Å². The Balaban J connectivity index is 1.74. The van der Waals surface area contributed by atoms with Crippen LogP contribution < -0.4 is 5.32 Å². The zero-order valence-corrected chi connectivity index (χ0v) is 15.8. The lowest BCUT2D eigenvalue weighted by atomic mass is 10.1. The van der Waals surface area contributed by atoms with Crippen LogP contribution in [-0.2, 0) is 19.6 Å². The average molecular weight is 335 g/mol. The predicted octanol–water partition coefficient (Wildman–Crippen LogP) is 4.57. The van der Waals surface area contributed by atoms with Crippen LogP contribution in [0.5, 0.6) is 0 Å². The zero-order chi connectivity index (χ0) is 17.8. The van der Waals surface area contributed by atoms with Crippen LogP contribution in [0.3, 0.4) is 0 Å². The van der Waals surface area contributed by atoms with Gasteiger partial charge in [-0.2, -0.15) is 0 Å². The average Bonchev–Trinajstić information content (AvgIpc) is 2.95. The van der Waals surface area contributed by atoms with Crippen LogP contribution in [-0.4, -0.2) is 23.6 Å². The molecule has 0 spiro atoms. The number of benzene rings is 2. The lowest BCUT2D eigenvalue weighted by Crippen LogP contribution is -2.17. The lowest BCUT2D eigenvalue weighted by molar-refractivity contribution is 0.400. The molecule has 0 aliphatic heterocycles. The first kappa shape index (κ1) is 17.7. The molecule has 0 aliphatic carbocycles. The largest absolute Gasteiger partial charge is 0.345 e. The minimum atomic E-state index is 0.472. The molecule has 3 nitrogen and oxygen atoms in total. The first-order valence-electron chi connectivity index (χ1n) is 9.07. The Kier molecular flexibility index (Phi) is 5.57. The summed E-state index contributed by atoms with van der Waals surface area (Å²) in [6, 6.07) is 17.9. The van der Waals surface area contributed by atoms with Crippen molar-refractivity contribution in [2.75, 3.05) is 14.1 Å². The van der Waals surface area contributed by atoms with Crippen LogP contribution in [0.1, 0.15) is 36.6 Å². The van der Waals surface area contributed by atoms with Crippen LogP contribution in [0, 0.1) is 0 Å². The van der Waals surface area contributed by atoms with E-state index in [0.29, 0.717) is 6.04 Å². The molecule has 0 fully saturated rings. The van der Waals surface area contributed by atoms with Crippen LogP contribution in [0.15, 0.2) is 54.7 Å². The van der Waals surface area contributed by atoms with Gasteiger partial charge in [-0.1, -0.05) is 42.5 Å². The highest BCUT2D eigenvalue weighted by atomic mass is 15.0. The standard InChI is InChI=1S/C22H29N3/c1-17(2)25-16-20(21-11-7-8-12-22(21)25)14-23-13-18-9-5-6-10-19(18)15-24(3)4/h5-12,16-17,23H,13-15H2,1-4H3. The second kappa shape index (κ2) is 7.85. The number of rotatable bonds is 7. The van der Waals surface area contributed by atoms with Gasteiger partial charge in [-0.15, -0.1) is 0 Å². The van der Waals surface area contributed by atoms with Crippen LogP contribution >= 0.6 is 0 Å². The Morgan fingerprint density at radius 1 is 0.880 bits per heavy atom. The summed E-state index contributed by atoms with van der Waals surface area (Å²) in [6.07, 6.45) is 2.30. The molecule has 0 amide bonds. The van der Waals surface area contributed by atoms with Gasteiger partial charge < -0.3 is 14.8 Å². The van der Waals surface area contributed by atoms with Gasteiger partial charge in [-0.3, -0.25) is 0 Å². The summed E-state index contributed by atoms with van der Waals surface area (Å²) < 4.78 is 2.37. The number of nitrogens with one attached hydrogen (secondary N) is 1. The molecule has 1 heterocycles. The Morgan fingerprint density at radius 2 is 1.52 bits per heavy atom. The molecule has 0 atom stereocenters. The second-order valence-electron chi connectivity index (χ2n) is 7.28. The monoisotopic (exact) mass is 335 g/mol. The quantitative estimate of drug-likeness (QED) is 0.682. The van der Waals surface area contributed by atoms with E-state index in [4.69, 9.17) is 0 Å². The minimum absolute atomic E-state index is 0.472. The number of fused-ring (bicyclic) bond motifs is 1. The fraction of sp³-hybridized carbons (Fsp3) is 0.364. The molecule has 25 heavy (non-hydrogen) atoms. The number of aromatic nitrogens is 1. The molecule has 0 unspecified atom stereocenters. The summed E-state index contributed by atoms with van der Waals surface area (Å²) in [5.41, 5.74) is 5.46. The fourth-order valence-electron chi connectivity index (χ4n) is 3.40. The summed E-state index contributed by atoms with van der Waals surface area (Å²) in [5, 5.41) is 5.00. The predicted molar refractivity (Wildman–Crippen MR) is 107 cm³/mol. The number of hydrogen-bond donors (Lipinski definition) is 1. The molecule has 0 radical (unpaired) electrons. The maximum atomic E-state index is 3.64. The lowest BCUT2D eigenvalue weighted by Gasteiger charge is -2.14. The van der Waals surface area contributed by atoms with E-state index in [0.717, 1.165) is 19.6 Å². The third-order valence-corrected chi connectivity index (χ3v) is 4.62. The van der Waals surface area contributed by atoms with E-state index in [1.807, 2.05) is 0 Å². The molecule has 1 aromatic heterocycles. The van der Waals surface area contributed by atoms with Crippen molar-refractivity contribution in [2.45, 2.75) is 39.5 Å². The summed E-state index contributed by atoms with van der Waals surface area (Å²) in [4.78, 5) is 2.22. The maximum Gasteiger partial charge on any atom is 0.0486 e. The maximum absolute atomic E-state index is 3.64. The van der Waals surface area contributed by atoms with Gasteiger partial charge in [-0.25, -0.2) is 0 Å². The summed E-state index contributed by atoms with van der Waals surface area (Å²) in [5.74, 6) is 0. The molecule has 0 saturated carbocycles.